The molecule has 166 valence electrons. The van der Waals surface area contributed by atoms with Crippen molar-refractivity contribution in [2.75, 3.05) is 6.54 Å². The summed E-state index contributed by atoms with van der Waals surface area (Å²) in [6.45, 7) is 8.32. The molecule has 1 aromatic rings. The first-order valence-corrected chi connectivity index (χ1v) is 11.1. The van der Waals surface area contributed by atoms with Crippen LogP contribution >= 0.6 is 11.6 Å². The number of carbonyl (C=O) groups is 2. The zero-order chi connectivity index (χ0) is 23.0. The minimum Gasteiger partial charge on any atom is -0.377 e. The Kier molecular flexibility index (Phi) is 4.48. The predicted molar refractivity (Wildman–Crippen MR) is 122 cm³/mol. The van der Waals surface area contributed by atoms with Gasteiger partial charge >= 0.3 is 0 Å². The largest absolute Gasteiger partial charge is 0.377 e. The first kappa shape index (κ1) is 21.0. The fourth-order valence-electron chi connectivity index (χ4n) is 5.87. The molecule has 32 heavy (non-hydrogen) atoms. The molecule has 5 nitrogen and oxygen atoms in total. The topological polar surface area (TPSA) is 75.4 Å². The average molecular weight is 454 g/mol. The van der Waals surface area contributed by atoms with E-state index in [1.165, 1.54) is 12.2 Å². The first-order chi connectivity index (χ1) is 15.1. The van der Waals surface area contributed by atoms with Gasteiger partial charge in [0.1, 0.15) is 5.83 Å². The number of hydrogen-bond donors (Lipinski definition) is 2. The second-order valence-corrected chi connectivity index (χ2v) is 9.84. The number of rotatable bonds is 3. The molecule has 3 N–H and O–H groups in total. The van der Waals surface area contributed by atoms with Gasteiger partial charge < -0.3 is 16.0 Å². The molecule has 2 heterocycles. The normalized spacial score (nSPS) is 27.6. The number of primary amides is 1. The van der Waals surface area contributed by atoms with Gasteiger partial charge in [-0.15, -0.1) is 0 Å². The van der Waals surface area contributed by atoms with Crippen LogP contribution in [0.1, 0.15) is 43.4 Å². The van der Waals surface area contributed by atoms with Crippen LogP contribution < -0.4 is 11.1 Å². The van der Waals surface area contributed by atoms with Crippen molar-refractivity contribution >= 4 is 29.0 Å². The van der Waals surface area contributed by atoms with Gasteiger partial charge in [0.15, 0.2) is 0 Å². The highest BCUT2D eigenvalue weighted by atomic mass is 35.5. The fourth-order valence-corrected chi connectivity index (χ4v) is 6.24. The third-order valence-corrected chi connectivity index (χ3v) is 7.95. The summed E-state index contributed by atoms with van der Waals surface area (Å²) in [5, 5.41) is 3.77. The highest BCUT2D eigenvalue weighted by Gasteiger charge is 2.55. The summed E-state index contributed by atoms with van der Waals surface area (Å²) in [6, 6.07) is 5.83. The molecule has 1 spiro atoms. The van der Waals surface area contributed by atoms with Gasteiger partial charge in [-0.2, -0.15) is 0 Å². The van der Waals surface area contributed by atoms with Gasteiger partial charge in [-0.3, -0.25) is 9.59 Å². The van der Waals surface area contributed by atoms with E-state index in [-0.39, 0.29) is 16.9 Å². The van der Waals surface area contributed by atoms with Crippen molar-refractivity contribution in [2.45, 2.75) is 44.2 Å². The van der Waals surface area contributed by atoms with E-state index in [0.717, 1.165) is 29.5 Å². The molecule has 2 atom stereocenters. The maximum atomic E-state index is 15.8. The summed E-state index contributed by atoms with van der Waals surface area (Å²) in [5.74, 6) is -1.85. The predicted octanol–water partition coefficient (Wildman–Crippen LogP) is 3.80. The minimum absolute atomic E-state index is 0.0985. The van der Waals surface area contributed by atoms with Crippen molar-refractivity contribution in [2.24, 2.45) is 11.7 Å². The van der Waals surface area contributed by atoms with Gasteiger partial charge in [0.25, 0.3) is 0 Å². The molecule has 1 fully saturated rings. The summed E-state index contributed by atoms with van der Waals surface area (Å²) in [4.78, 5) is 26.4. The molecule has 0 saturated heterocycles. The molecular formula is C25H25ClFN3O2. The van der Waals surface area contributed by atoms with E-state index in [1.54, 1.807) is 4.90 Å². The molecule has 0 radical (unpaired) electrons. The van der Waals surface area contributed by atoms with Crippen LogP contribution in [0.3, 0.4) is 0 Å². The maximum Gasteiger partial charge on any atom is 0.247 e. The third kappa shape index (κ3) is 2.75. The number of carbonyl (C=O) groups excluding carboxylic acids is 2. The molecule has 7 heteroatoms. The van der Waals surface area contributed by atoms with Crippen LogP contribution in [0.4, 0.5) is 4.39 Å². The second-order valence-electron chi connectivity index (χ2n) is 9.44. The standard InChI is InChI=1S/C25H25ClFN3O2/c1-4-18(31)30-11-14-6-5-7-15(20(14)25(12-30)8-9-25)19-17(27)10-16(23(28)32)24(3)21(19)22(26)13(2)29-24/h4-7,10,21,29H,1,8-9,11-12H2,2-3H3,(H2,28,32). The second kappa shape index (κ2) is 6.82. The van der Waals surface area contributed by atoms with E-state index in [4.69, 9.17) is 17.3 Å². The Morgan fingerprint density at radius 1 is 1.38 bits per heavy atom. The summed E-state index contributed by atoms with van der Waals surface area (Å²) in [7, 11) is 0. The smallest absolute Gasteiger partial charge is 0.247 e. The van der Waals surface area contributed by atoms with E-state index < -0.39 is 23.2 Å². The highest BCUT2D eigenvalue weighted by Crippen LogP contribution is 2.58. The SMILES string of the molecule is C=CC(=O)N1Cc2cccc(C3=C(F)C=C(C(N)=O)C4(C)NC(C)=C(Cl)C34)c2C2(CC2)C1. The van der Waals surface area contributed by atoms with Crippen LogP contribution in [-0.2, 0) is 21.5 Å². The number of amides is 2. The molecule has 4 aliphatic rings. The van der Waals surface area contributed by atoms with Gasteiger partial charge in [0.2, 0.25) is 11.8 Å². The minimum atomic E-state index is -0.934. The van der Waals surface area contributed by atoms with Crippen molar-refractivity contribution < 1.29 is 14.0 Å². The van der Waals surface area contributed by atoms with Crippen LogP contribution in [0.25, 0.3) is 5.57 Å². The summed E-state index contributed by atoms with van der Waals surface area (Å²) in [5.41, 5.74) is 8.74. The van der Waals surface area contributed by atoms with Crippen LogP contribution in [0.2, 0.25) is 0 Å². The maximum absolute atomic E-state index is 15.8. The Bertz CT molecular complexity index is 1190. The van der Waals surface area contributed by atoms with Gasteiger partial charge in [0.05, 0.1) is 11.5 Å². The van der Waals surface area contributed by atoms with E-state index in [1.807, 2.05) is 32.0 Å². The van der Waals surface area contributed by atoms with Crippen LogP contribution in [-0.4, -0.2) is 28.8 Å². The van der Waals surface area contributed by atoms with E-state index >= 15 is 4.39 Å². The molecule has 2 unspecified atom stereocenters. The average Bonchev–Trinajstić information content (AvgIpc) is 3.47. The van der Waals surface area contributed by atoms with Crippen LogP contribution in [0, 0.1) is 5.92 Å². The third-order valence-electron chi connectivity index (χ3n) is 7.44. The molecule has 0 aromatic heterocycles. The Morgan fingerprint density at radius 2 is 2.09 bits per heavy atom. The number of fused-ring (bicyclic) bond motifs is 3. The Labute approximate surface area is 191 Å². The van der Waals surface area contributed by atoms with E-state index in [9.17, 15) is 9.59 Å². The lowest BCUT2D eigenvalue weighted by molar-refractivity contribution is -0.127. The number of halogens is 2. The van der Waals surface area contributed by atoms with Crippen LogP contribution in [0.15, 0.2) is 59.1 Å². The zero-order valence-corrected chi connectivity index (χ0v) is 18.9. The fraction of sp³-hybridized carbons (Fsp3) is 0.360. The van der Waals surface area contributed by atoms with Gasteiger partial charge in [0, 0.05) is 40.4 Å². The number of hydrogen-bond acceptors (Lipinski definition) is 3. The lowest BCUT2D eigenvalue weighted by atomic mass is 9.68. The summed E-state index contributed by atoms with van der Waals surface area (Å²) >= 11 is 6.73. The van der Waals surface area contributed by atoms with Gasteiger partial charge in [-0.1, -0.05) is 36.4 Å². The van der Waals surface area contributed by atoms with Crippen molar-refractivity contribution in [1.82, 2.24) is 10.2 Å². The van der Waals surface area contributed by atoms with Crippen molar-refractivity contribution in [1.29, 1.82) is 0 Å². The number of nitrogens with zero attached hydrogens (tertiary/aromatic N) is 1. The van der Waals surface area contributed by atoms with Crippen molar-refractivity contribution in [3.8, 4) is 0 Å². The molecule has 0 bridgehead atoms. The number of nitrogens with two attached hydrogens (primary N) is 1. The van der Waals surface area contributed by atoms with Gasteiger partial charge in [-0.05, 0) is 55.5 Å². The van der Waals surface area contributed by atoms with E-state index in [0.29, 0.717) is 29.4 Å². The Hall–Kier alpha value is -2.86. The summed E-state index contributed by atoms with van der Waals surface area (Å²) in [6.07, 6.45) is 4.45. The zero-order valence-electron chi connectivity index (χ0n) is 18.1. The molecule has 2 aliphatic heterocycles. The first-order valence-electron chi connectivity index (χ1n) is 10.7. The molecule has 2 amide bonds. The Morgan fingerprint density at radius 3 is 2.72 bits per heavy atom. The number of nitrogens with one attached hydrogen (secondary N) is 1. The lowest BCUT2D eigenvalue weighted by Crippen LogP contribution is -2.50. The van der Waals surface area contributed by atoms with Gasteiger partial charge in [-0.25, -0.2) is 4.39 Å². The van der Waals surface area contributed by atoms with E-state index in [2.05, 4.69) is 11.9 Å². The quantitative estimate of drug-likeness (QED) is 0.683. The lowest BCUT2D eigenvalue weighted by Gasteiger charge is -2.41. The number of benzene rings is 1. The Balaban J connectivity index is 1.73. The number of allylic oxidation sites excluding steroid dienone is 3. The molecular weight excluding hydrogens is 429 g/mol. The van der Waals surface area contributed by atoms with Crippen molar-refractivity contribution in [3.63, 3.8) is 0 Å². The highest BCUT2D eigenvalue weighted by molar-refractivity contribution is 6.31. The monoisotopic (exact) mass is 453 g/mol. The van der Waals surface area contributed by atoms with Crippen molar-refractivity contribution in [3.05, 3.63) is 75.7 Å². The molecule has 2 aliphatic carbocycles. The summed E-state index contributed by atoms with van der Waals surface area (Å²) < 4.78 is 15.8. The molecule has 1 saturated carbocycles. The molecule has 1 aromatic carbocycles. The van der Waals surface area contributed by atoms with Crippen LogP contribution in [0.5, 0.6) is 0 Å². The molecule has 5 rings (SSSR count).